The van der Waals surface area contributed by atoms with Crippen LogP contribution in [-0.2, 0) is 19.6 Å². The van der Waals surface area contributed by atoms with Gasteiger partial charge in [-0.3, -0.25) is 9.59 Å². The van der Waals surface area contributed by atoms with Gasteiger partial charge >= 0.3 is 5.97 Å². The molecule has 2 amide bonds. The maximum Gasteiger partial charge on any atom is 0.338 e. The van der Waals surface area contributed by atoms with E-state index in [1.54, 1.807) is 0 Å². The number of methoxy groups -OCH3 is 1. The largest absolute Gasteiger partial charge is 0.495 e. The van der Waals surface area contributed by atoms with Gasteiger partial charge in [-0.25, -0.2) is 18.4 Å². The summed E-state index contributed by atoms with van der Waals surface area (Å²) in [6.45, 7) is -0.642. The zero-order valence-electron chi connectivity index (χ0n) is 14.7. The van der Waals surface area contributed by atoms with Crippen LogP contribution in [0.25, 0.3) is 0 Å². The molecule has 0 saturated heterocycles. The third-order valence-electron chi connectivity index (χ3n) is 3.47. The normalized spacial score (nSPS) is 10.8. The maximum atomic E-state index is 12.1. The summed E-state index contributed by atoms with van der Waals surface area (Å²) in [7, 11) is -2.88. The number of nitrogens with one attached hydrogen (secondary N) is 1. The molecule has 0 spiro atoms. The molecule has 2 aromatic rings. The van der Waals surface area contributed by atoms with Crippen LogP contribution in [0.5, 0.6) is 5.75 Å². The van der Waals surface area contributed by atoms with Crippen molar-refractivity contribution in [2.45, 2.75) is 4.90 Å². The SMILES string of the molecule is COc1ccc(C(=O)OCC(=O)Nc2cccc(C(N)=O)c2)cc1S(N)(=O)=O. The van der Waals surface area contributed by atoms with Crippen molar-refractivity contribution in [3.63, 3.8) is 0 Å². The van der Waals surface area contributed by atoms with Crippen LogP contribution in [0.1, 0.15) is 20.7 Å². The van der Waals surface area contributed by atoms with Crippen molar-refractivity contribution in [1.29, 1.82) is 0 Å². The highest BCUT2D eigenvalue weighted by Crippen LogP contribution is 2.24. The Labute approximate surface area is 160 Å². The van der Waals surface area contributed by atoms with Gasteiger partial charge in [-0.2, -0.15) is 0 Å². The van der Waals surface area contributed by atoms with Gasteiger partial charge in [0.25, 0.3) is 5.91 Å². The van der Waals surface area contributed by atoms with Crippen LogP contribution >= 0.6 is 0 Å². The number of primary sulfonamides is 1. The topological polar surface area (TPSA) is 168 Å². The van der Waals surface area contributed by atoms with E-state index in [0.29, 0.717) is 5.69 Å². The highest BCUT2D eigenvalue weighted by molar-refractivity contribution is 7.89. The van der Waals surface area contributed by atoms with Crippen LogP contribution in [0.2, 0.25) is 0 Å². The van der Waals surface area contributed by atoms with Crippen molar-refractivity contribution in [1.82, 2.24) is 0 Å². The van der Waals surface area contributed by atoms with E-state index in [0.717, 1.165) is 6.07 Å². The molecule has 0 aromatic heterocycles. The standard InChI is InChI=1S/C17H17N3O7S/c1-26-13-6-5-11(8-14(13)28(19,24)25)17(23)27-9-15(21)20-12-4-2-3-10(7-12)16(18)22/h2-8H,9H2,1H3,(H2,18,22)(H,20,21)(H2,19,24,25). The van der Waals surface area contributed by atoms with E-state index >= 15 is 0 Å². The number of benzene rings is 2. The van der Waals surface area contributed by atoms with Gasteiger partial charge in [0.2, 0.25) is 15.9 Å². The number of nitrogens with two attached hydrogens (primary N) is 2. The van der Waals surface area contributed by atoms with Crippen molar-refractivity contribution in [2.75, 3.05) is 19.0 Å². The third-order valence-corrected chi connectivity index (χ3v) is 4.40. The molecule has 10 nitrogen and oxygen atoms in total. The Hall–Kier alpha value is -3.44. The van der Waals surface area contributed by atoms with E-state index in [2.05, 4.69) is 5.32 Å². The average Bonchev–Trinajstić information content (AvgIpc) is 2.65. The van der Waals surface area contributed by atoms with E-state index in [1.165, 1.54) is 43.5 Å². The van der Waals surface area contributed by atoms with E-state index in [9.17, 15) is 22.8 Å². The highest BCUT2D eigenvalue weighted by atomic mass is 32.2. The maximum absolute atomic E-state index is 12.1. The van der Waals surface area contributed by atoms with Crippen LogP contribution in [0, 0.1) is 0 Å². The molecule has 0 saturated carbocycles. The van der Waals surface area contributed by atoms with Gasteiger partial charge in [-0.1, -0.05) is 6.07 Å². The van der Waals surface area contributed by atoms with Crippen molar-refractivity contribution in [3.05, 3.63) is 53.6 Å². The number of sulfonamides is 1. The predicted octanol–water partition coefficient (Wildman–Crippen LogP) is 0.237. The molecule has 0 unspecified atom stereocenters. The summed E-state index contributed by atoms with van der Waals surface area (Å²) in [6, 6.07) is 9.39. The second-order valence-corrected chi connectivity index (χ2v) is 7.01. The van der Waals surface area contributed by atoms with Gasteiger partial charge in [0.1, 0.15) is 10.6 Å². The summed E-state index contributed by atoms with van der Waals surface area (Å²) in [5, 5.41) is 7.52. The van der Waals surface area contributed by atoms with E-state index in [1.807, 2.05) is 0 Å². The number of hydrogen-bond donors (Lipinski definition) is 3. The van der Waals surface area contributed by atoms with Gasteiger partial charge in [0.15, 0.2) is 6.61 Å². The predicted molar refractivity (Wildman–Crippen MR) is 98.2 cm³/mol. The summed E-state index contributed by atoms with van der Waals surface area (Å²) in [5.41, 5.74) is 5.51. The first-order chi connectivity index (χ1) is 13.1. The first kappa shape index (κ1) is 20.9. The second-order valence-electron chi connectivity index (χ2n) is 5.48. The highest BCUT2D eigenvalue weighted by Gasteiger charge is 2.19. The second kappa shape index (κ2) is 8.50. The number of primary amides is 1. The molecule has 0 atom stereocenters. The molecule has 11 heteroatoms. The van der Waals surface area contributed by atoms with Gasteiger partial charge in [0.05, 0.1) is 12.7 Å². The smallest absolute Gasteiger partial charge is 0.338 e. The Morgan fingerprint density at radius 3 is 2.39 bits per heavy atom. The molecule has 0 heterocycles. The van der Waals surface area contributed by atoms with Crippen molar-refractivity contribution in [2.24, 2.45) is 10.9 Å². The lowest BCUT2D eigenvalue weighted by Crippen LogP contribution is -2.21. The fourth-order valence-corrected chi connectivity index (χ4v) is 2.91. The fourth-order valence-electron chi connectivity index (χ4n) is 2.19. The number of hydrogen-bond acceptors (Lipinski definition) is 7. The number of ether oxygens (including phenoxy) is 2. The molecule has 0 fully saturated rings. The lowest BCUT2D eigenvalue weighted by Gasteiger charge is -2.10. The average molecular weight is 407 g/mol. The van der Waals surface area contributed by atoms with Gasteiger partial charge in [0, 0.05) is 11.3 Å². The monoisotopic (exact) mass is 407 g/mol. The van der Waals surface area contributed by atoms with Gasteiger partial charge in [-0.15, -0.1) is 0 Å². The first-order valence-corrected chi connectivity index (χ1v) is 9.24. The Kier molecular flexibility index (Phi) is 6.33. The van der Waals surface area contributed by atoms with Crippen LogP contribution in [-0.4, -0.2) is 39.9 Å². The molecule has 0 radical (unpaired) electrons. The molecule has 0 aliphatic rings. The lowest BCUT2D eigenvalue weighted by atomic mass is 10.2. The summed E-state index contributed by atoms with van der Waals surface area (Å²) < 4.78 is 32.9. The Morgan fingerprint density at radius 2 is 1.79 bits per heavy atom. The Morgan fingerprint density at radius 1 is 1.07 bits per heavy atom. The van der Waals surface area contributed by atoms with Crippen molar-refractivity contribution >= 4 is 33.5 Å². The number of carbonyl (C=O) groups is 3. The number of esters is 1. The molecular weight excluding hydrogens is 390 g/mol. The Bertz CT molecular complexity index is 1030. The van der Waals surface area contributed by atoms with E-state index in [4.69, 9.17) is 20.3 Å². The number of anilines is 1. The van der Waals surface area contributed by atoms with Crippen LogP contribution < -0.4 is 20.9 Å². The molecule has 0 aliphatic heterocycles. The first-order valence-electron chi connectivity index (χ1n) is 7.69. The van der Waals surface area contributed by atoms with E-state index < -0.39 is 39.3 Å². The molecule has 0 bridgehead atoms. The number of rotatable bonds is 7. The minimum atomic E-state index is -4.13. The zero-order chi connectivity index (χ0) is 20.9. The molecular formula is C17H17N3O7S. The summed E-state index contributed by atoms with van der Waals surface area (Å²) in [4.78, 5) is 34.7. The fraction of sp³-hybridized carbons (Fsp3) is 0.118. The number of carbonyl (C=O) groups excluding carboxylic acids is 3. The number of amides is 2. The minimum Gasteiger partial charge on any atom is -0.495 e. The molecule has 148 valence electrons. The quantitative estimate of drug-likeness (QED) is 0.552. The molecule has 5 N–H and O–H groups in total. The zero-order valence-corrected chi connectivity index (χ0v) is 15.5. The molecule has 28 heavy (non-hydrogen) atoms. The summed E-state index contributed by atoms with van der Waals surface area (Å²) >= 11 is 0. The Balaban J connectivity index is 2.05. The van der Waals surface area contributed by atoms with Crippen LogP contribution in [0.3, 0.4) is 0 Å². The van der Waals surface area contributed by atoms with Gasteiger partial charge < -0.3 is 20.5 Å². The van der Waals surface area contributed by atoms with E-state index in [-0.39, 0.29) is 16.9 Å². The van der Waals surface area contributed by atoms with Crippen LogP contribution in [0.15, 0.2) is 47.4 Å². The third kappa shape index (κ3) is 5.28. The molecule has 2 aromatic carbocycles. The van der Waals surface area contributed by atoms with Crippen LogP contribution in [0.4, 0.5) is 5.69 Å². The molecule has 0 aliphatic carbocycles. The molecule has 2 rings (SSSR count). The summed E-state index contributed by atoms with van der Waals surface area (Å²) in [5.74, 6) is -2.30. The van der Waals surface area contributed by atoms with Crippen molar-refractivity contribution < 1.29 is 32.3 Å². The minimum absolute atomic E-state index is 0.0360. The lowest BCUT2D eigenvalue weighted by molar-refractivity contribution is -0.119. The van der Waals surface area contributed by atoms with Gasteiger partial charge in [-0.05, 0) is 36.4 Å². The van der Waals surface area contributed by atoms with Crippen molar-refractivity contribution in [3.8, 4) is 5.75 Å². The summed E-state index contributed by atoms with van der Waals surface area (Å²) in [6.07, 6.45) is 0.